The van der Waals surface area contributed by atoms with Crippen molar-refractivity contribution in [2.75, 3.05) is 5.32 Å². The monoisotopic (exact) mass is 291 g/mol. The van der Waals surface area contributed by atoms with Crippen LogP contribution in [0.5, 0.6) is 0 Å². The number of carbonyl (C=O) groups is 1. The molecule has 0 spiro atoms. The summed E-state index contributed by atoms with van der Waals surface area (Å²) in [6.07, 6.45) is 2.22. The minimum Gasteiger partial charge on any atom is -0.323 e. The summed E-state index contributed by atoms with van der Waals surface area (Å²) in [4.78, 5) is 16.6. The molecular weight excluding hydrogens is 274 g/mol. The number of hydrogen-bond acceptors (Lipinski definition) is 3. The molecule has 2 aromatic carbocycles. The van der Waals surface area contributed by atoms with Crippen LogP contribution in [0.1, 0.15) is 5.56 Å². The number of hydrogen-bond donors (Lipinski definition) is 2. The fourth-order valence-electron chi connectivity index (χ4n) is 2.39. The topological polar surface area (TPSA) is 68.0 Å². The SMILES string of the molecule is N[C@@H](Cc1ccccc1)C(=O)Nc1cccc2cccnc12. The molecule has 3 aromatic rings. The maximum Gasteiger partial charge on any atom is 0.241 e. The lowest BCUT2D eigenvalue weighted by Crippen LogP contribution is -2.37. The van der Waals surface area contributed by atoms with Gasteiger partial charge >= 0.3 is 0 Å². The summed E-state index contributed by atoms with van der Waals surface area (Å²) in [6, 6.07) is 18.7. The lowest BCUT2D eigenvalue weighted by Gasteiger charge is -2.13. The molecule has 0 radical (unpaired) electrons. The highest BCUT2D eigenvalue weighted by molar-refractivity contribution is 6.02. The fraction of sp³-hybridized carbons (Fsp3) is 0.111. The van der Waals surface area contributed by atoms with Gasteiger partial charge < -0.3 is 11.1 Å². The van der Waals surface area contributed by atoms with E-state index in [1.165, 1.54) is 0 Å². The maximum absolute atomic E-state index is 12.3. The first-order chi connectivity index (χ1) is 10.7. The van der Waals surface area contributed by atoms with E-state index >= 15 is 0 Å². The van der Waals surface area contributed by atoms with Crippen LogP contribution in [-0.4, -0.2) is 16.9 Å². The van der Waals surface area contributed by atoms with Crippen molar-refractivity contribution in [3.05, 3.63) is 72.4 Å². The van der Waals surface area contributed by atoms with Gasteiger partial charge in [0.25, 0.3) is 0 Å². The minimum absolute atomic E-state index is 0.206. The highest BCUT2D eigenvalue weighted by atomic mass is 16.2. The Balaban J connectivity index is 1.75. The van der Waals surface area contributed by atoms with Gasteiger partial charge in [-0.3, -0.25) is 9.78 Å². The first-order valence-corrected chi connectivity index (χ1v) is 7.18. The molecule has 1 heterocycles. The number of aromatic nitrogens is 1. The number of nitrogens with one attached hydrogen (secondary N) is 1. The number of nitrogens with two attached hydrogens (primary N) is 1. The van der Waals surface area contributed by atoms with E-state index in [-0.39, 0.29) is 5.91 Å². The molecule has 0 aliphatic heterocycles. The molecule has 0 unspecified atom stereocenters. The molecular formula is C18H17N3O. The lowest BCUT2D eigenvalue weighted by molar-refractivity contribution is -0.117. The molecule has 3 rings (SSSR count). The molecule has 0 saturated carbocycles. The number of pyridine rings is 1. The third-order valence-corrected chi connectivity index (χ3v) is 3.53. The van der Waals surface area contributed by atoms with Crippen LogP contribution in [0.4, 0.5) is 5.69 Å². The molecule has 0 saturated heterocycles. The molecule has 4 nitrogen and oxygen atoms in total. The number of rotatable bonds is 4. The van der Waals surface area contributed by atoms with E-state index in [9.17, 15) is 4.79 Å². The average molecular weight is 291 g/mol. The maximum atomic E-state index is 12.3. The first-order valence-electron chi connectivity index (χ1n) is 7.18. The zero-order chi connectivity index (χ0) is 15.4. The van der Waals surface area contributed by atoms with Gasteiger partial charge in [-0.1, -0.05) is 48.5 Å². The van der Waals surface area contributed by atoms with Crippen molar-refractivity contribution in [2.45, 2.75) is 12.5 Å². The predicted octanol–water partition coefficient (Wildman–Crippen LogP) is 2.74. The van der Waals surface area contributed by atoms with Gasteiger partial charge in [-0.25, -0.2) is 0 Å². The van der Waals surface area contributed by atoms with E-state index in [0.717, 1.165) is 16.5 Å². The number of para-hydroxylation sites is 1. The summed E-state index contributed by atoms with van der Waals surface area (Å²) in [5.41, 5.74) is 8.51. The number of anilines is 1. The van der Waals surface area contributed by atoms with Gasteiger partial charge in [0.15, 0.2) is 0 Å². The largest absolute Gasteiger partial charge is 0.323 e. The second-order valence-corrected chi connectivity index (χ2v) is 5.17. The lowest BCUT2D eigenvalue weighted by atomic mass is 10.1. The van der Waals surface area contributed by atoms with E-state index in [2.05, 4.69) is 10.3 Å². The average Bonchev–Trinajstić information content (AvgIpc) is 2.56. The van der Waals surface area contributed by atoms with Crippen molar-refractivity contribution in [3.63, 3.8) is 0 Å². The zero-order valence-electron chi connectivity index (χ0n) is 12.1. The molecule has 22 heavy (non-hydrogen) atoms. The molecule has 1 aromatic heterocycles. The standard InChI is InChI=1S/C18H17N3O/c19-15(12-13-6-2-1-3-7-13)18(22)21-16-10-4-8-14-9-5-11-20-17(14)16/h1-11,15H,12,19H2,(H,21,22)/t15-/m0/s1. The van der Waals surface area contributed by atoms with Crippen molar-refractivity contribution in [1.82, 2.24) is 4.98 Å². The Hall–Kier alpha value is -2.72. The smallest absolute Gasteiger partial charge is 0.241 e. The van der Waals surface area contributed by atoms with Gasteiger partial charge in [-0.2, -0.15) is 0 Å². The predicted molar refractivity (Wildman–Crippen MR) is 88.5 cm³/mol. The second kappa shape index (κ2) is 6.37. The van der Waals surface area contributed by atoms with Crippen molar-refractivity contribution in [2.24, 2.45) is 5.73 Å². The van der Waals surface area contributed by atoms with Crippen molar-refractivity contribution in [3.8, 4) is 0 Å². The summed E-state index contributed by atoms with van der Waals surface area (Å²) >= 11 is 0. The zero-order valence-corrected chi connectivity index (χ0v) is 12.1. The van der Waals surface area contributed by atoms with Crippen LogP contribution in [0.2, 0.25) is 0 Å². The Labute approximate surface area is 129 Å². The summed E-state index contributed by atoms with van der Waals surface area (Å²) in [5, 5.41) is 3.86. The van der Waals surface area contributed by atoms with Crippen LogP contribution in [-0.2, 0) is 11.2 Å². The van der Waals surface area contributed by atoms with Crippen LogP contribution in [0, 0.1) is 0 Å². The Morgan fingerprint density at radius 2 is 1.82 bits per heavy atom. The van der Waals surface area contributed by atoms with Crippen molar-refractivity contribution in [1.29, 1.82) is 0 Å². The molecule has 3 N–H and O–H groups in total. The van der Waals surface area contributed by atoms with Gasteiger partial charge in [0.1, 0.15) is 0 Å². The molecule has 110 valence electrons. The summed E-state index contributed by atoms with van der Waals surface area (Å²) in [7, 11) is 0. The third-order valence-electron chi connectivity index (χ3n) is 3.53. The number of fused-ring (bicyclic) bond motifs is 1. The van der Waals surface area contributed by atoms with E-state index in [1.807, 2.05) is 60.7 Å². The summed E-state index contributed by atoms with van der Waals surface area (Å²) in [6.45, 7) is 0. The second-order valence-electron chi connectivity index (χ2n) is 5.17. The number of nitrogens with zero attached hydrogens (tertiary/aromatic N) is 1. The summed E-state index contributed by atoms with van der Waals surface area (Å²) < 4.78 is 0. The molecule has 0 aliphatic carbocycles. The highest BCUT2D eigenvalue weighted by Gasteiger charge is 2.15. The molecule has 1 atom stereocenters. The summed E-state index contributed by atoms with van der Waals surface area (Å²) in [5.74, 6) is -0.206. The Morgan fingerprint density at radius 1 is 1.05 bits per heavy atom. The van der Waals surface area contributed by atoms with Crippen LogP contribution < -0.4 is 11.1 Å². The van der Waals surface area contributed by atoms with Gasteiger partial charge in [-0.05, 0) is 24.1 Å². The van der Waals surface area contributed by atoms with E-state index < -0.39 is 6.04 Å². The third kappa shape index (κ3) is 3.13. The number of amides is 1. The molecule has 0 bridgehead atoms. The molecule has 4 heteroatoms. The van der Waals surface area contributed by atoms with Gasteiger partial charge in [0.05, 0.1) is 17.2 Å². The van der Waals surface area contributed by atoms with E-state index in [1.54, 1.807) is 6.20 Å². The Kier molecular flexibility index (Phi) is 4.12. The quantitative estimate of drug-likeness (QED) is 0.776. The van der Waals surface area contributed by atoms with Gasteiger partial charge in [0, 0.05) is 11.6 Å². The van der Waals surface area contributed by atoms with E-state index in [4.69, 9.17) is 5.73 Å². The normalized spacial score (nSPS) is 12.0. The van der Waals surface area contributed by atoms with Crippen molar-refractivity contribution < 1.29 is 4.79 Å². The minimum atomic E-state index is -0.596. The fourth-order valence-corrected chi connectivity index (χ4v) is 2.39. The highest BCUT2D eigenvalue weighted by Crippen LogP contribution is 2.20. The molecule has 0 fully saturated rings. The van der Waals surface area contributed by atoms with Gasteiger partial charge in [0.2, 0.25) is 5.91 Å². The van der Waals surface area contributed by atoms with Gasteiger partial charge in [-0.15, -0.1) is 0 Å². The van der Waals surface area contributed by atoms with Crippen LogP contribution >= 0.6 is 0 Å². The first kappa shape index (κ1) is 14.2. The molecule has 0 aliphatic rings. The number of benzene rings is 2. The van der Waals surface area contributed by atoms with E-state index in [0.29, 0.717) is 12.1 Å². The molecule has 1 amide bonds. The van der Waals surface area contributed by atoms with Crippen molar-refractivity contribution >= 4 is 22.5 Å². The van der Waals surface area contributed by atoms with Crippen LogP contribution in [0.15, 0.2) is 66.9 Å². The van der Waals surface area contributed by atoms with Crippen LogP contribution in [0.25, 0.3) is 10.9 Å². The Morgan fingerprint density at radius 3 is 2.64 bits per heavy atom. The Bertz CT molecular complexity index is 781. The number of carbonyl (C=O) groups excluding carboxylic acids is 1. The van der Waals surface area contributed by atoms with Crippen LogP contribution in [0.3, 0.4) is 0 Å².